The molecule has 21 heavy (non-hydrogen) atoms. The number of aryl methyl sites for hydroxylation is 1. The summed E-state index contributed by atoms with van der Waals surface area (Å²) in [6.07, 6.45) is 0. The fraction of sp³-hybridized carbons (Fsp3) is 0.312. The van der Waals surface area contributed by atoms with Gasteiger partial charge in [0.15, 0.2) is 0 Å². The fourth-order valence-corrected chi connectivity index (χ4v) is 2.80. The average molecular weight is 305 g/mol. The number of benzene rings is 1. The number of hydrogen-bond donors (Lipinski definition) is 1. The predicted octanol–water partition coefficient (Wildman–Crippen LogP) is 4.10. The first-order valence-corrected chi connectivity index (χ1v) is 7.77. The van der Waals surface area contributed by atoms with E-state index in [-0.39, 0.29) is 5.97 Å². The lowest BCUT2D eigenvalue weighted by Gasteiger charge is -2.09. The van der Waals surface area contributed by atoms with Gasteiger partial charge in [0.05, 0.1) is 13.7 Å². The number of hydrogen-bond acceptors (Lipinski definition) is 5. The molecule has 2 aromatic rings. The van der Waals surface area contributed by atoms with E-state index in [0.717, 1.165) is 11.4 Å². The Labute approximate surface area is 128 Å². The number of ether oxygens (including phenoxy) is 1. The van der Waals surface area contributed by atoms with Crippen molar-refractivity contribution in [3.63, 3.8) is 0 Å². The summed E-state index contributed by atoms with van der Waals surface area (Å²) in [6, 6.07) is 9.87. The Hall–Kier alpha value is -1.88. The Bertz CT molecular complexity index is 622. The van der Waals surface area contributed by atoms with Crippen LogP contribution in [-0.4, -0.2) is 18.8 Å². The molecule has 0 spiro atoms. The summed E-state index contributed by atoms with van der Waals surface area (Å²) in [4.78, 5) is 12.8. The average Bonchev–Trinajstić information content (AvgIpc) is 2.87. The van der Waals surface area contributed by atoms with Crippen molar-refractivity contribution in [3.05, 3.63) is 47.4 Å². The molecule has 0 aliphatic rings. The molecule has 0 aliphatic carbocycles. The van der Waals surface area contributed by atoms with Gasteiger partial charge in [0.2, 0.25) is 0 Å². The van der Waals surface area contributed by atoms with Crippen LogP contribution in [0, 0.1) is 6.92 Å². The van der Waals surface area contributed by atoms with Gasteiger partial charge in [-0.25, -0.2) is 4.79 Å². The van der Waals surface area contributed by atoms with E-state index in [1.54, 1.807) is 24.8 Å². The Morgan fingerprint density at radius 3 is 2.86 bits per heavy atom. The zero-order chi connectivity index (χ0) is 15.2. The number of nitrogens with one attached hydrogen (secondary N) is 1. The van der Waals surface area contributed by atoms with Gasteiger partial charge in [-0.05, 0) is 30.9 Å². The van der Waals surface area contributed by atoms with E-state index in [0.29, 0.717) is 23.6 Å². The summed E-state index contributed by atoms with van der Waals surface area (Å²) < 4.78 is 10.3. The van der Waals surface area contributed by atoms with Crippen LogP contribution in [0.4, 0.5) is 5.69 Å². The van der Waals surface area contributed by atoms with Gasteiger partial charge >= 0.3 is 5.97 Å². The Balaban J connectivity index is 2.08. The largest absolute Gasteiger partial charge is 0.465 e. The van der Waals surface area contributed by atoms with E-state index < -0.39 is 0 Å². The molecule has 0 atom stereocenters. The molecule has 0 aliphatic heterocycles. The van der Waals surface area contributed by atoms with Gasteiger partial charge in [-0.1, -0.05) is 19.1 Å². The van der Waals surface area contributed by atoms with Crippen molar-refractivity contribution >= 4 is 23.4 Å². The zero-order valence-electron chi connectivity index (χ0n) is 12.4. The molecule has 0 saturated heterocycles. The van der Waals surface area contributed by atoms with Crippen LogP contribution in [-0.2, 0) is 11.3 Å². The van der Waals surface area contributed by atoms with E-state index >= 15 is 0 Å². The quantitative estimate of drug-likeness (QED) is 0.643. The number of esters is 1. The highest BCUT2D eigenvalue weighted by atomic mass is 32.2. The molecule has 112 valence electrons. The number of carbonyl (C=O) groups is 1. The number of anilines is 1. The highest BCUT2D eigenvalue weighted by Crippen LogP contribution is 2.27. The van der Waals surface area contributed by atoms with Crippen LogP contribution in [0.5, 0.6) is 0 Å². The molecule has 0 saturated carbocycles. The summed E-state index contributed by atoms with van der Waals surface area (Å²) in [7, 11) is 1.37. The smallest absolute Gasteiger partial charge is 0.341 e. The van der Waals surface area contributed by atoms with Gasteiger partial charge in [-0.3, -0.25) is 0 Å². The van der Waals surface area contributed by atoms with Gasteiger partial charge in [0, 0.05) is 10.6 Å². The van der Waals surface area contributed by atoms with Crippen LogP contribution in [0.2, 0.25) is 0 Å². The molecular formula is C16H19NO3S. The third kappa shape index (κ3) is 3.82. The molecule has 1 aromatic carbocycles. The van der Waals surface area contributed by atoms with Gasteiger partial charge in [-0.15, -0.1) is 11.8 Å². The summed E-state index contributed by atoms with van der Waals surface area (Å²) >= 11 is 1.79. The zero-order valence-corrected chi connectivity index (χ0v) is 13.3. The fourth-order valence-electron chi connectivity index (χ4n) is 2.02. The molecule has 0 radical (unpaired) electrons. The topological polar surface area (TPSA) is 51.5 Å². The SMILES string of the molecule is CCSc1ccccc1NCc1cc(C(=O)OC)c(C)o1. The van der Waals surface area contributed by atoms with Gasteiger partial charge in [0.25, 0.3) is 0 Å². The number of carbonyl (C=O) groups excluding carboxylic acids is 1. The third-order valence-electron chi connectivity index (χ3n) is 3.01. The van der Waals surface area contributed by atoms with Gasteiger partial charge in [-0.2, -0.15) is 0 Å². The minimum atomic E-state index is -0.371. The second-order valence-electron chi connectivity index (χ2n) is 4.46. The third-order valence-corrected chi connectivity index (χ3v) is 3.97. The number of para-hydroxylation sites is 1. The number of furan rings is 1. The molecule has 0 unspecified atom stereocenters. The number of rotatable bonds is 6. The first kappa shape index (κ1) is 15.5. The standard InChI is InChI=1S/C16H19NO3S/c1-4-21-15-8-6-5-7-14(15)17-10-12-9-13(11(2)20-12)16(18)19-3/h5-9,17H,4,10H2,1-3H3. The van der Waals surface area contributed by atoms with Crippen LogP contribution >= 0.6 is 11.8 Å². The van der Waals surface area contributed by atoms with Crippen LogP contribution in [0.3, 0.4) is 0 Å². The van der Waals surface area contributed by atoms with Crippen LogP contribution in [0.25, 0.3) is 0 Å². The summed E-state index contributed by atoms with van der Waals surface area (Å²) in [6.45, 7) is 4.41. The normalized spacial score (nSPS) is 10.4. The van der Waals surface area contributed by atoms with Crippen LogP contribution in [0.15, 0.2) is 39.6 Å². The summed E-state index contributed by atoms with van der Waals surface area (Å²) in [5, 5.41) is 3.35. The molecule has 1 aromatic heterocycles. The molecule has 0 fully saturated rings. The Morgan fingerprint density at radius 1 is 1.38 bits per heavy atom. The maximum atomic E-state index is 11.6. The lowest BCUT2D eigenvalue weighted by atomic mass is 10.2. The van der Waals surface area contributed by atoms with Crippen LogP contribution in [0.1, 0.15) is 28.8 Å². The first-order valence-electron chi connectivity index (χ1n) is 6.79. The van der Waals surface area contributed by atoms with Crippen molar-refractivity contribution in [1.82, 2.24) is 0 Å². The van der Waals surface area contributed by atoms with Crippen molar-refractivity contribution in [2.24, 2.45) is 0 Å². The molecule has 0 bridgehead atoms. The van der Waals surface area contributed by atoms with Crippen molar-refractivity contribution in [1.29, 1.82) is 0 Å². The molecule has 0 amide bonds. The van der Waals surface area contributed by atoms with E-state index in [9.17, 15) is 4.79 Å². The minimum absolute atomic E-state index is 0.371. The number of methoxy groups -OCH3 is 1. The predicted molar refractivity (Wildman–Crippen MR) is 85.0 cm³/mol. The van der Waals surface area contributed by atoms with Crippen LogP contribution < -0.4 is 5.32 Å². The highest BCUT2D eigenvalue weighted by Gasteiger charge is 2.15. The Kier molecular flexibility index (Phi) is 5.33. The van der Waals surface area contributed by atoms with Crippen molar-refractivity contribution in [3.8, 4) is 0 Å². The minimum Gasteiger partial charge on any atom is -0.465 e. The number of thioether (sulfide) groups is 1. The monoisotopic (exact) mass is 305 g/mol. The Morgan fingerprint density at radius 2 is 2.14 bits per heavy atom. The van der Waals surface area contributed by atoms with E-state index in [1.165, 1.54) is 12.0 Å². The second-order valence-corrected chi connectivity index (χ2v) is 5.76. The van der Waals surface area contributed by atoms with E-state index in [2.05, 4.69) is 18.3 Å². The molecule has 1 heterocycles. The van der Waals surface area contributed by atoms with Crippen molar-refractivity contribution < 1.29 is 13.9 Å². The maximum Gasteiger partial charge on any atom is 0.341 e. The van der Waals surface area contributed by atoms with Gasteiger partial charge < -0.3 is 14.5 Å². The van der Waals surface area contributed by atoms with E-state index in [4.69, 9.17) is 9.15 Å². The first-order chi connectivity index (χ1) is 10.2. The molecule has 4 nitrogen and oxygen atoms in total. The lowest BCUT2D eigenvalue weighted by Crippen LogP contribution is -2.01. The van der Waals surface area contributed by atoms with Crippen molar-refractivity contribution in [2.75, 3.05) is 18.2 Å². The van der Waals surface area contributed by atoms with Gasteiger partial charge in [0.1, 0.15) is 17.1 Å². The summed E-state index contributed by atoms with van der Waals surface area (Å²) in [5.74, 6) is 1.94. The summed E-state index contributed by atoms with van der Waals surface area (Å²) in [5.41, 5.74) is 1.54. The molecular weight excluding hydrogens is 286 g/mol. The van der Waals surface area contributed by atoms with Crippen molar-refractivity contribution in [2.45, 2.75) is 25.3 Å². The van der Waals surface area contributed by atoms with E-state index in [1.807, 2.05) is 18.2 Å². The lowest BCUT2D eigenvalue weighted by molar-refractivity contribution is 0.0599. The maximum absolute atomic E-state index is 11.6. The molecule has 1 N–H and O–H groups in total. The second kappa shape index (κ2) is 7.22. The highest BCUT2D eigenvalue weighted by molar-refractivity contribution is 7.99. The molecule has 5 heteroatoms. The molecule has 2 rings (SSSR count).